The summed E-state index contributed by atoms with van der Waals surface area (Å²) in [5.74, 6) is -0.0606. The Labute approximate surface area is 101 Å². The van der Waals surface area contributed by atoms with Crippen molar-refractivity contribution in [3.8, 4) is 0 Å². The first-order valence-electron chi connectivity index (χ1n) is 5.93. The summed E-state index contributed by atoms with van der Waals surface area (Å²) in [4.78, 5) is 2.23. The molecule has 0 aliphatic carbocycles. The SMILES string of the molecule is COCCN1CC(N)C(c2ccccc2F)C1. The molecule has 2 unspecified atom stereocenters. The Morgan fingerprint density at radius 3 is 2.88 bits per heavy atom. The third-order valence-electron chi connectivity index (χ3n) is 3.36. The lowest BCUT2D eigenvalue weighted by molar-refractivity contribution is 0.159. The van der Waals surface area contributed by atoms with Gasteiger partial charge in [-0.1, -0.05) is 18.2 Å². The summed E-state index contributed by atoms with van der Waals surface area (Å²) in [6, 6.07) is 6.91. The predicted molar refractivity (Wildman–Crippen MR) is 65.4 cm³/mol. The molecule has 2 atom stereocenters. The minimum absolute atomic E-state index is 0.00348. The quantitative estimate of drug-likeness (QED) is 0.856. The molecule has 1 saturated heterocycles. The van der Waals surface area contributed by atoms with E-state index in [0.29, 0.717) is 6.61 Å². The molecule has 0 saturated carbocycles. The topological polar surface area (TPSA) is 38.5 Å². The van der Waals surface area contributed by atoms with Gasteiger partial charge in [0, 0.05) is 38.7 Å². The third-order valence-corrected chi connectivity index (χ3v) is 3.36. The van der Waals surface area contributed by atoms with Crippen LogP contribution in [0.2, 0.25) is 0 Å². The zero-order chi connectivity index (χ0) is 12.3. The molecule has 0 radical (unpaired) electrons. The maximum Gasteiger partial charge on any atom is 0.126 e. The number of hydrogen-bond acceptors (Lipinski definition) is 3. The van der Waals surface area contributed by atoms with E-state index in [-0.39, 0.29) is 17.8 Å². The highest BCUT2D eigenvalue weighted by Gasteiger charge is 2.32. The van der Waals surface area contributed by atoms with Crippen molar-refractivity contribution < 1.29 is 9.13 Å². The number of rotatable bonds is 4. The van der Waals surface area contributed by atoms with Crippen molar-refractivity contribution in [3.05, 3.63) is 35.6 Å². The lowest BCUT2D eigenvalue weighted by Crippen LogP contribution is -2.30. The largest absolute Gasteiger partial charge is 0.383 e. The Bertz CT molecular complexity index is 372. The molecular formula is C13H19FN2O. The van der Waals surface area contributed by atoms with Crippen LogP contribution in [0.15, 0.2) is 24.3 Å². The van der Waals surface area contributed by atoms with E-state index < -0.39 is 0 Å². The number of methoxy groups -OCH3 is 1. The summed E-state index contributed by atoms with van der Waals surface area (Å²) in [6.45, 7) is 3.17. The van der Waals surface area contributed by atoms with Gasteiger partial charge in [0.1, 0.15) is 5.82 Å². The number of nitrogens with zero attached hydrogens (tertiary/aromatic N) is 1. The van der Waals surface area contributed by atoms with E-state index in [0.717, 1.165) is 25.2 Å². The van der Waals surface area contributed by atoms with Crippen LogP contribution in [0, 0.1) is 5.82 Å². The zero-order valence-corrected chi connectivity index (χ0v) is 10.1. The molecule has 1 aliphatic heterocycles. The fourth-order valence-electron chi connectivity index (χ4n) is 2.42. The highest BCUT2D eigenvalue weighted by Crippen LogP contribution is 2.27. The summed E-state index contributed by atoms with van der Waals surface area (Å²) in [5.41, 5.74) is 6.83. The summed E-state index contributed by atoms with van der Waals surface area (Å²) in [6.07, 6.45) is 0. The Balaban J connectivity index is 2.05. The van der Waals surface area contributed by atoms with E-state index >= 15 is 0 Å². The van der Waals surface area contributed by atoms with Crippen LogP contribution >= 0.6 is 0 Å². The standard InChI is InChI=1S/C13H19FN2O/c1-17-7-6-16-8-11(13(15)9-16)10-4-2-3-5-12(10)14/h2-5,11,13H,6-9,15H2,1H3. The predicted octanol–water partition coefficient (Wildman–Crippen LogP) is 1.20. The summed E-state index contributed by atoms with van der Waals surface area (Å²) in [5, 5.41) is 0. The van der Waals surface area contributed by atoms with Crippen LogP contribution in [-0.2, 0) is 4.74 Å². The van der Waals surface area contributed by atoms with Gasteiger partial charge in [0.15, 0.2) is 0 Å². The Morgan fingerprint density at radius 1 is 1.41 bits per heavy atom. The molecule has 1 aromatic carbocycles. The molecule has 0 spiro atoms. The minimum atomic E-state index is -0.151. The van der Waals surface area contributed by atoms with Crippen molar-refractivity contribution in [1.29, 1.82) is 0 Å². The maximum absolute atomic E-state index is 13.7. The number of halogens is 1. The zero-order valence-electron chi connectivity index (χ0n) is 10.1. The van der Waals surface area contributed by atoms with Gasteiger partial charge < -0.3 is 10.5 Å². The smallest absolute Gasteiger partial charge is 0.126 e. The molecule has 1 aliphatic rings. The van der Waals surface area contributed by atoms with E-state index in [9.17, 15) is 4.39 Å². The van der Waals surface area contributed by atoms with Crippen LogP contribution in [0.1, 0.15) is 11.5 Å². The second-order valence-corrected chi connectivity index (χ2v) is 4.54. The third kappa shape index (κ3) is 2.83. The van der Waals surface area contributed by atoms with Crippen molar-refractivity contribution in [2.75, 3.05) is 33.4 Å². The van der Waals surface area contributed by atoms with Crippen molar-refractivity contribution >= 4 is 0 Å². The molecule has 2 N–H and O–H groups in total. The lowest BCUT2D eigenvalue weighted by Gasteiger charge is -2.16. The normalized spacial score (nSPS) is 25.4. The van der Waals surface area contributed by atoms with Gasteiger partial charge >= 0.3 is 0 Å². The Kier molecular flexibility index (Phi) is 4.10. The van der Waals surface area contributed by atoms with Crippen molar-refractivity contribution in [2.24, 2.45) is 5.73 Å². The first-order valence-corrected chi connectivity index (χ1v) is 5.93. The molecule has 1 heterocycles. The van der Waals surface area contributed by atoms with E-state index in [2.05, 4.69) is 4.90 Å². The number of nitrogens with two attached hydrogens (primary N) is 1. The van der Waals surface area contributed by atoms with Crippen molar-refractivity contribution in [2.45, 2.75) is 12.0 Å². The summed E-state index contributed by atoms with van der Waals surface area (Å²) in [7, 11) is 1.68. The fourth-order valence-corrected chi connectivity index (χ4v) is 2.42. The highest BCUT2D eigenvalue weighted by atomic mass is 19.1. The molecule has 4 heteroatoms. The van der Waals surface area contributed by atoms with Crippen LogP contribution in [0.5, 0.6) is 0 Å². The van der Waals surface area contributed by atoms with Crippen LogP contribution < -0.4 is 5.73 Å². The first kappa shape index (κ1) is 12.5. The van der Waals surface area contributed by atoms with Gasteiger partial charge in [-0.3, -0.25) is 4.90 Å². The number of hydrogen-bond donors (Lipinski definition) is 1. The second kappa shape index (κ2) is 5.58. The van der Waals surface area contributed by atoms with E-state index in [1.807, 2.05) is 12.1 Å². The molecule has 2 rings (SSSR count). The van der Waals surface area contributed by atoms with Crippen LogP contribution in [0.3, 0.4) is 0 Å². The molecule has 0 aromatic heterocycles. The molecule has 17 heavy (non-hydrogen) atoms. The number of likely N-dealkylation sites (tertiary alicyclic amines) is 1. The van der Waals surface area contributed by atoms with E-state index in [4.69, 9.17) is 10.5 Å². The molecule has 94 valence electrons. The molecular weight excluding hydrogens is 219 g/mol. The van der Waals surface area contributed by atoms with E-state index in [1.54, 1.807) is 13.2 Å². The molecule has 0 amide bonds. The van der Waals surface area contributed by atoms with Gasteiger partial charge in [-0.25, -0.2) is 4.39 Å². The summed E-state index contributed by atoms with van der Waals surface area (Å²) < 4.78 is 18.7. The average Bonchev–Trinajstić information content (AvgIpc) is 2.68. The van der Waals surface area contributed by atoms with Gasteiger partial charge in [0.05, 0.1) is 6.61 Å². The molecule has 3 nitrogen and oxygen atoms in total. The van der Waals surface area contributed by atoms with Crippen molar-refractivity contribution in [3.63, 3.8) is 0 Å². The second-order valence-electron chi connectivity index (χ2n) is 4.54. The van der Waals surface area contributed by atoms with Gasteiger partial charge in [-0.15, -0.1) is 0 Å². The van der Waals surface area contributed by atoms with Crippen LogP contribution in [-0.4, -0.2) is 44.3 Å². The first-order chi connectivity index (χ1) is 8.22. The van der Waals surface area contributed by atoms with Gasteiger partial charge in [-0.05, 0) is 11.6 Å². The maximum atomic E-state index is 13.7. The van der Waals surface area contributed by atoms with Crippen molar-refractivity contribution in [1.82, 2.24) is 4.90 Å². The number of benzene rings is 1. The number of ether oxygens (including phenoxy) is 1. The molecule has 1 fully saturated rings. The molecule has 0 bridgehead atoms. The minimum Gasteiger partial charge on any atom is -0.383 e. The van der Waals surface area contributed by atoms with E-state index in [1.165, 1.54) is 6.07 Å². The Hall–Kier alpha value is -0.970. The van der Waals surface area contributed by atoms with Crippen LogP contribution in [0.4, 0.5) is 4.39 Å². The lowest BCUT2D eigenvalue weighted by atomic mass is 9.94. The van der Waals surface area contributed by atoms with Crippen LogP contribution in [0.25, 0.3) is 0 Å². The Morgan fingerprint density at radius 2 is 2.18 bits per heavy atom. The average molecular weight is 238 g/mol. The highest BCUT2D eigenvalue weighted by molar-refractivity contribution is 5.25. The fraction of sp³-hybridized carbons (Fsp3) is 0.538. The van der Waals surface area contributed by atoms with Gasteiger partial charge in [0.25, 0.3) is 0 Å². The van der Waals surface area contributed by atoms with Gasteiger partial charge in [-0.2, -0.15) is 0 Å². The monoisotopic (exact) mass is 238 g/mol. The molecule has 1 aromatic rings. The summed E-state index contributed by atoms with van der Waals surface area (Å²) >= 11 is 0. The van der Waals surface area contributed by atoms with Gasteiger partial charge in [0.2, 0.25) is 0 Å².